The van der Waals surface area contributed by atoms with Crippen molar-refractivity contribution >= 4 is 6.29 Å². The molecule has 1 aliphatic rings. The maximum atomic E-state index is 10.2. The molecule has 0 spiro atoms. The van der Waals surface area contributed by atoms with Crippen LogP contribution in [0, 0.1) is 0 Å². The SMILES string of the molecule is CC(C=O)=CCOC1CCCCO1. The van der Waals surface area contributed by atoms with Crippen LogP contribution in [-0.2, 0) is 14.3 Å². The number of allylic oxidation sites excluding steroid dienone is 1. The summed E-state index contributed by atoms with van der Waals surface area (Å²) in [6, 6.07) is 0. The molecule has 3 nitrogen and oxygen atoms in total. The molecule has 0 aromatic heterocycles. The molecule has 0 N–H and O–H groups in total. The van der Waals surface area contributed by atoms with E-state index in [9.17, 15) is 4.79 Å². The molecule has 13 heavy (non-hydrogen) atoms. The first kappa shape index (κ1) is 10.4. The zero-order valence-corrected chi connectivity index (χ0v) is 7.99. The largest absolute Gasteiger partial charge is 0.353 e. The molecule has 0 radical (unpaired) electrons. The van der Waals surface area contributed by atoms with Crippen molar-refractivity contribution in [1.29, 1.82) is 0 Å². The van der Waals surface area contributed by atoms with E-state index in [2.05, 4.69) is 0 Å². The molecule has 1 unspecified atom stereocenters. The van der Waals surface area contributed by atoms with Crippen molar-refractivity contribution in [3.8, 4) is 0 Å². The average molecular weight is 184 g/mol. The van der Waals surface area contributed by atoms with Gasteiger partial charge in [-0.1, -0.05) is 6.08 Å². The Morgan fingerprint density at radius 3 is 3.08 bits per heavy atom. The third-order valence-corrected chi connectivity index (χ3v) is 2.01. The number of hydrogen-bond donors (Lipinski definition) is 0. The van der Waals surface area contributed by atoms with Gasteiger partial charge in [0, 0.05) is 6.61 Å². The van der Waals surface area contributed by atoms with E-state index >= 15 is 0 Å². The van der Waals surface area contributed by atoms with Crippen molar-refractivity contribution in [3.05, 3.63) is 11.6 Å². The molecular weight excluding hydrogens is 168 g/mol. The zero-order chi connectivity index (χ0) is 9.52. The average Bonchev–Trinajstić information content (AvgIpc) is 2.19. The van der Waals surface area contributed by atoms with Crippen molar-refractivity contribution in [2.75, 3.05) is 13.2 Å². The molecule has 3 heteroatoms. The molecule has 1 rings (SSSR count). The van der Waals surface area contributed by atoms with E-state index in [1.54, 1.807) is 13.0 Å². The van der Waals surface area contributed by atoms with E-state index in [0.717, 1.165) is 25.7 Å². The van der Waals surface area contributed by atoms with Crippen molar-refractivity contribution in [3.63, 3.8) is 0 Å². The molecular formula is C10H16O3. The van der Waals surface area contributed by atoms with Gasteiger partial charge in [-0.2, -0.15) is 0 Å². The highest BCUT2D eigenvalue weighted by atomic mass is 16.7. The van der Waals surface area contributed by atoms with Gasteiger partial charge in [0.2, 0.25) is 0 Å². The van der Waals surface area contributed by atoms with Crippen LogP contribution in [0.25, 0.3) is 0 Å². The van der Waals surface area contributed by atoms with E-state index in [1.165, 1.54) is 6.42 Å². The smallest absolute Gasteiger partial charge is 0.157 e. The van der Waals surface area contributed by atoms with E-state index in [-0.39, 0.29) is 6.29 Å². The second-order valence-corrected chi connectivity index (χ2v) is 3.20. The molecule has 0 aromatic carbocycles. The Bertz CT molecular complexity index is 181. The van der Waals surface area contributed by atoms with Gasteiger partial charge in [-0.05, 0) is 31.8 Å². The van der Waals surface area contributed by atoms with Crippen LogP contribution in [0.5, 0.6) is 0 Å². The fraction of sp³-hybridized carbons (Fsp3) is 0.700. The third-order valence-electron chi connectivity index (χ3n) is 2.01. The Hall–Kier alpha value is -0.670. The molecule has 1 atom stereocenters. The summed E-state index contributed by atoms with van der Waals surface area (Å²) in [5, 5.41) is 0. The third kappa shape index (κ3) is 4.20. The van der Waals surface area contributed by atoms with E-state index in [4.69, 9.17) is 9.47 Å². The molecule has 0 amide bonds. The second-order valence-electron chi connectivity index (χ2n) is 3.20. The van der Waals surface area contributed by atoms with Gasteiger partial charge in [0.25, 0.3) is 0 Å². The summed E-state index contributed by atoms with van der Waals surface area (Å²) in [7, 11) is 0. The van der Waals surface area contributed by atoms with Gasteiger partial charge < -0.3 is 9.47 Å². The molecule has 0 aliphatic carbocycles. The number of ether oxygens (including phenoxy) is 2. The lowest BCUT2D eigenvalue weighted by molar-refractivity contribution is -0.155. The van der Waals surface area contributed by atoms with Crippen LogP contribution in [0.4, 0.5) is 0 Å². The van der Waals surface area contributed by atoms with Crippen LogP contribution in [0.3, 0.4) is 0 Å². The fourth-order valence-electron chi connectivity index (χ4n) is 1.18. The van der Waals surface area contributed by atoms with E-state index in [1.807, 2.05) is 0 Å². The first-order chi connectivity index (χ1) is 6.33. The minimum absolute atomic E-state index is 0.0653. The predicted octanol–water partition coefficient (Wildman–Crippen LogP) is 1.67. The molecule has 1 fully saturated rings. The Balaban J connectivity index is 2.14. The maximum Gasteiger partial charge on any atom is 0.157 e. The summed E-state index contributed by atoms with van der Waals surface area (Å²) in [4.78, 5) is 10.2. The summed E-state index contributed by atoms with van der Waals surface area (Å²) in [6.45, 7) is 3.02. The number of carbonyl (C=O) groups is 1. The van der Waals surface area contributed by atoms with Gasteiger partial charge in [0.1, 0.15) is 6.29 Å². The summed E-state index contributed by atoms with van der Waals surface area (Å²) in [6.07, 6.45) is 5.79. The Kier molecular flexibility index (Phi) is 4.72. The van der Waals surface area contributed by atoms with E-state index < -0.39 is 0 Å². The number of carbonyl (C=O) groups excluding carboxylic acids is 1. The molecule has 1 saturated heterocycles. The standard InChI is InChI=1S/C10H16O3/c1-9(8-11)5-7-13-10-4-2-3-6-12-10/h5,8,10H,2-4,6-7H2,1H3. The van der Waals surface area contributed by atoms with Crippen molar-refractivity contribution in [2.45, 2.75) is 32.5 Å². The molecule has 0 bridgehead atoms. The molecule has 0 aromatic rings. The second kappa shape index (κ2) is 5.89. The number of rotatable bonds is 4. The van der Waals surface area contributed by atoms with E-state index in [0.29, 0.717) is 12.2 Å². The van der Waals surface area contributed by atoms with Gasteiger partial charge in [-0.3, -0.25) is 4.79 Å². The lowest BCUT2D eigenvalue weighted by Crippen LogP contribution is -2.22. The Labute approximate surface area is 78.7 Å². The summed E-state index contributed by atoms with van der Waals surface area (Å²) < 4.78 is 10.8. The van der Waals surface area contributed by atoms with Crippen LogP contribution in [-0.4, -0.2) is 25.8 Å². The zero-order valence-electron chi connectivity index (χ0n) is 7.99. The monoisotopic (exact) mass is 184 g/mol. The first-order valence-corrected chi connectivity index (χ1v) is 4.68. The van der Waals surface area contributed by atoms with Crippen molar-refractivity contribution in [2.24, 2.45) is 0 Å². The van der Waals surface area contributed by atoms with Gasteiger partial charge in [0.15, 0.2) is 6.29 Å². The minimum Gasteiger partial charge on any atom is -0.353 e. The van der Waals surface area contributed by atoms with Crippen molar-refractivity contribution < 1.29 is 14.3 Å². The van der Waals surface area contributed by atoms with Gasteiger partial charge in [-0.15, -0.1) is 0 Å². The Morgan fingerprint density at radius 1 is 1.62 bits per heavy atom. The normalized spacial score (nSPS) is 24.4. The first-order valence-electron chi connectivity index (χ1n) is 4.68. The Morgan fingerprint density at radius 2 is 2.46 bits per heavy atom. The predicted molar refractivity (Wildman–Crippen MR) is 49.4 cm³/mol. The topological polar surface area (TPSA) is 35.5 Å². The fourth-order valence-corrected chi connectivity index (χ4v) is 1.18. The number of aldehydes is 1. The summed E-state index contributed by atoms with van der Waals surface area (Å²) in [5.74, 6) is 0. The lowest BCUT2D eigenvalue weighted by atomic mass is 10.2. The van der Waals surface area contributed by atoms with Gasteiger partial charge in [0.05, 0.1) is 6.61 Å². The molecule has 1 aliphatic heterocycles. The highest BCUT2D eigenvalue weighted by molar-refractivity contribution is 5.71. The maximum absolute atomic E-state index is 10.2. The lowest BCUT2D eigenvalue weighted by Gasteiger charge is -2.21. The van der Waals surface area contributed by atoms with Crippen molar-refractivity contribution in [1.82, 2.24) is 0 Å². The summed E-state index contributed by atoms with van der Waals surface area (Å²) in [5.41, 5.74) is 0.704. The van der Waals surface area contributed by atoms with Crippen LogP contribution in [0.2, 0.25) is 0 Å². The van der Waals surface area contributed by atoms with Crippen LogP contribution in [0.1, 0.15) is 26.2 Å². The van der Waals surface area contributed by atoms with Gasteiger partial charge >= 0.3 is 0 Å². The minimum atomic E-state index is -0.0653. The van der Waals surface area contributed by atoms with Crippen LogP contribution < -0.4 is 0 Å². The highest BCUT2D eigenvalue weighted by Crippen LogP contribution is 2.13. The summed E-state index contributed by atoms with van der Waals surface area (Å²) >= 11 is 0. The quantitative estimate of drug-likeness (QED) is 0.492. The molecule has 0 saturated carbocycles. The van der Waals surface area contributed by atoms with Crippen LogP contribution >= 0.6 is 0 Å². The number of hydrogen-bond acceptors (Lipinski definition) is 3. The van der Waals surface area contributed by atoms with Gasteiger partial charge in [-0.25, -0.2) is 0 Å². The van der Waals surface area contributed by atoms with Crippen LogP contribution in [0.15, 0.2) is 11.6 Å². The molecule has 74 valence electrons. The highest BCUT2D eigenvalue weighted by Gasteiger charge is 2.12. The molecule has 1 heterocycles.